The molecule has 2 N–H and O–H groups in total. The van der Waals surface area contributed by atoms with Crippen molar-refractivity contribution in [2.75, 3.05) is 18.5 Å². The topological polar surface area (TPSA) is 80.6 Å². The van der Waals surface area contributed by atoms with E-state index in [2.05, 4.69) is 29.6 Å². The van der Waals surface area contributed by atoms with E-state index >= 15 is 0 Å². The quantitative estimate of drug-likeness (QED) is 0.271. The van der Waals surface area contributed by atoms with Crippen molar-refractivity contribution in [3.05, 3.63) is 108 Å². The molecule has 0 atom stereocenters. The molecule has 0 aliphatic carbocycles. The first-order chi connectivity index (χ1) is 17.5. The van der Waals surface area contributed by atoms with Crippen LogP contribution in [0.2, 0.25) is 0 Å². The van der Waals surface area contributed by atoms with E-state index in [0.717, 1.165) is 16.8 Å². The Morgan fingerprint density at radius 2 is 1.64 bits per heavy atom. The Bertz CT molecular complexity index is 1560. The van der Waals surface area contributed by atoms with Crippen LogP contribution in [0.5, 0.6) is 5.75 Å². The third kappa shape index (κ3) is 4.66. The van der Waals surface area contributed by atoms with E-state index < -0.39 is 5.97 Å². The minimum absolute atomic E-state index is 0.0869. The van der Waals surface area contributed by atoms with Crippen LogP contribution >= 0.6 is 0 Å². The summed E-state index contributed by atoms with van der Waals surface area (Å²) < 4.78 is 7.51. The van der Waals surface area contributed by atoms with Crippen LogP contribution in [0.1, 0.15) is 21.6 Å². The van der Waals surface area contributed by atoms with Gasteiger partial charge in [-0.3, -0.25) is 14.2 Å². The third-order valence-electron chi connectivity index (χ3n) is 6.24. The van der Waals surface area contributed by atoms with Gasteiger partial charge in [0.25, 0.3) is 5.91 Å². The Morgan fingerprint density at radius 3 is 2.44 bits per heavy atom. The van der Waals surface area contributed by atoms with Gasteiger partial charge < -0.3 is 15.2 Å². The molecule has 1 heterocycles. The lowest BCUT2D eigenvalue weighted by molar-refractivity contribution is -0.136. The summed E-state index contributed by atoms with van der Waals surface area (Å²) >= 11 is 0. The fourth-order valence-corrected chi connectivity index (χ4v) is 4.57. The van der Waals surface area contributed by atoms with Gasteiger partial charge in [0, 0.05) is 34.3 Å². The van der Waals surface area contributed by atoms with Crippen LogP contribution < -0.4 is 10.1 Å². The Hall–Kier alpha value is -4.58. The SMILES string of the molecule is Cc1cc2c(CC(=O)O)cccc2n1C(=O)c1ccc(OCCNc2cccc3ccccc23)cc1. The molecule has 0 unspecified atom stereocenters. The summed E-state index contributed by atoms with van der Waals surface area (Å²) in [5.74, 6) is -0.384. The number of nitrogens with one attached hydrogen (secondary N) is 1. The first kappa shape index (κ1) is 23.2. The van der Waals surface area contributed by atoms with E-state index in [1.54, 1.807) is 41.0 Å². The molecule has 6 heteroatoms. The van der Waals surface area contributed by atoms with Crippen molar-refractivity contribution < 1.29 is 19.4 Å². The van der Waals surface area contributed by atoms with E-state index in [4.69, 9.17) is 4.74 Å². The summed E-state index contributed by atoms with van der Waals surface area (Å²) in [5.41, 5.74) is 3.75. The molecule has 6 nitrogen and oxygen atoms in total. The molecule has 0 aliphatic heterocycles. The predicted octanol–water partition coefficient (Wildman–Crippen LogP) is 5.91. The van der Waals surface area contributed by atoms with Crippen molar-refractivity contribution in [3.8, 4) is 5.75 Å². The second kappa shape index (κ2) is 9.96. The number of nitrogens with zero attached hydrogens (tertiary/aromatic N) is 1. The smallest absolute Gasteiger partial charge is 0.307 e. The van der Waals surface area contributed by atoms with Gasteiger partial charge in [-0.1, -0.05) is 48.5 Å². The first-order valence-corrected chi connectivity index (χ1v) is 11.8. The Kier molecular flexibility index (Phi) is 6.41. The van der Waals surface area contributed by atoms with Crippen LogP contribution in [0.3, 0.4) is 0 Å². The third-order valence-corrected chi connectivity index (χ3v) is 6.24. The second-order valence-electron chi connectivity index (χ2n) is 8.67. The van der Waals surface area contributed by atoms with E-state index in [9.17, 15) is 14.7 Å². The molecule has 0 radical (unpaired) electrons. The molecule has 0 saturated heterocycles. The fraction of sp³-hybridized carbons (Fsp3) is 0.133. The average molecular weight is 479 g/mol. The van der Waals surface area contributed by atoms with Gasteiger partial charge in [0.15, 0.2) is 0 Å². The number of aryl methyl sites for hydroxylation is 1. The lowest BCUT2D eigenvalue weighted by atomic mass is 10.1. The number of aliphatic carboxylic acids is 1. The maximum absolute atomic E-state index is 13.3. The van der Waals surface area contributed by atoms with E-state index in [-0.39, 0.29) is 12.3 Å². The van der Waals surface area contributed by atoms with Gasteiger partial charge in [-0.15, -0.1) is 0 Å². The van der Waals surface area contributed by atoms with Gasteiger partial charge in [0.05, 0.1) is 11.9 Å². The van der Waals surface area contributed by atoms with Crippen LogP contribution in [0.4, 0.5) is 5.69 Å². The molecular weight excluding hydrogens is 452 g/mol. The van der Waals surface area contributed by atoms with Crippen LogP contribution in [0.25, 0.3) is 21.7 Å². The number of carbonyl (C=O) groups excluding carboxylic acids is 1. The second-order valence-corrected chi connectivity index (χ2v) is 8.67. The molecule has 0 fully saturated rings. The number of ether oxygens (including phenoxy) is 1. The molecule has 0 bridgehead atoms. The zero-order valence-electron chi connectivity index (χ0n) is 19.9. The number of rotatable bonds is 8. The minimum Gasteiger partial charge on any atom is -0.492 e. The Balaban J connectivity index is 1.25. The minimum atomic E-state index is -0.901. The van der Waals surface area contributed by atoms with E-state index in [1.165, 1.54) is 10.8 Å². The molecule has 0 spiro atoms. The maximum Gasteiger partial charge on any atom is 0.307 e. The maximum atomic E-state index is 13.3. The predicted molar refractivity (Wildman–Crippen MR) is 142 cm³/mol. The number of fused-ring (bicyclic) bond motifs is 2. The van der Waals surface area contributed by atoms with Crippen molar-refractivity contribution in [3.63, 3.8) is 0 Å². The molecular formula is C30H26N2O4. The van der Waals surface area contributed by atoms with Crippen molar-refractivity contribution in [2.24, 2.45) is 0 Å². The largest absolute Gasteiger partial charge is 0.492 e. The molecule has 1 aromatic heterocycles. The number of hydrogen-bond donors (Lipinski definition) is 2. The fourth-order valence-electron chi connectivity index (χ4n) is 4.57. The Morgan fingerprint density at radius 1 is 0.889 bits per heavy atom. The molecule has 180 valence electrons. The zero-order chi connectivity index (χ0) is 25.1. The van der Waals surface area contributed by atoms with E-state index in [1.807, 2.05) is 37.3 Å². The van der Waals surface area contributed by atoms with Crippen LogP contribution in [-0.2, 0) is 11.2 Å². The monoisotopic (exact) mass is 478 g/mol. The van der Waals surface area contributed by atoms with Gasteiger partial charge in [-0.25, -0.2) is 0 Å². The molecule has 0 saturated carbocycles. The summed E-state index contributed by atoms with van der Waals surface area (Å²) in [7, 11) is 0. The number of carboxylic acids is 1. The van der Waals surface area contributed by atoms with Crippen LogP contribution in [0, 0.1) is 6.92 Å². The summed E-state index contributed by atoms with van der Waals surface area (Å²) in [6.45, 7) is 2.97. The van der Waals surface area contributed by atoms with Crippen molar-refractivity contribution >= 4 is 39.2 Å². The molecule has 36 heavy (non-hydrogen) atoms. The zero-order valence-corrected chi connectivity index (χ0v) is 19.9. The van der Waals surface area contributed by atoms with Crippen molar-refractivity contribution in [2.45, 2.75) is 13.3 Å². The highest BCUT2D eigenvalue weighted by molar-refractivity contribution is 6.04. The standard InChI is InChI=1S/C30H26N2O4/c1-20-18-26-23(19-29(33)34)8-5-11-28(26)32(20)30(35)22-12-14-24(15-13-22)36-17-16-31-27-10-4-7-21-6-2-3-9-25(21)27/h2-15,18,31H,16-17,19H2,1H3,(H,33,34). The number of benzene rings is 4. The molecule has 0 amide bonds. The molecule has 4 aromatic carbocycles. The van der Waals surface area contributed by atoms with Crippen LogP contribution in [0.15, 0.2) is 91.0 Å². The van der Waals surface area contributed by atoms with Gasteiger partial charge >= 0.3 is 5.97 Å². The first-order valence-electron chi connectivity index (χ1n) is 11.8. The molecule has 0 aliphatic rings. The van der Waals surface area contributed by atoms with E-state index in [0.29, 0.717) is 35.5 Å². The number of carbonyl (C=O) groups is 2. The summed E-state index contributed by atoms with van der Waals surface area (Å²) in [4.78, 5) is 24.5. The number of hydrogen-bond acceptors (Lipinski definition) is 4. The summed E-state index contributed by atoms with van der Waals surface area (Å²) in [6.07, 6.45) is -0.0869. The van der Waals surface area contributed by atoms with Gasteiger partial charge in [-0.2, -0.15) is 0 Å². The van der Waals surface area contributed by atoms with Crippen molar-refractivity contribution in [1.29, 1.82) is 0 Å². The van der Waals surface area contributed by atoms with Crippen molar-refractivity contribution in [1.82, 2.24) is 4.57 Å². The molecule has 5 rings (SSSR count). The Labute approximate surface area is 208 Å². The highest BCUT2D eigenvalue weighted by Gasteiger charge is 2.17. The van der Waals surface area contributed by atoms with Gasteiger partial charge in [0.2, 0.25) is 0 Å². The van der Waals surface area contributed by atoms with Gasteiger partial charge in [-0.05, 0) is 60.3 Å². The number of carboxylic acid groups (broad SMARTS) is 1. The lowest BCUT2D eigenvalue weighted by Gasteiger charge is -2.12. The summed E-state index contributed by atoms with van der Waals surface area (Å²) in [5, 5.41) is 15.8. The van der Waals surface area contributed by atoms with Gasteiger partial charge in [0.1, 0.15) is 12.4 Å². The summed E-state index contributed by atoms with van der Waals surface area (Å²) in [6, 6.07) is 28.8. The highest BCUT2D eigenvalue weighted by Crippen LogP contribution is 2.26. The molecule has 5 aromatic rings. The average Bonchev–Trinajstić information content (AvgIpc) is 3.23. The number of aromatic nitrogens is 1. The number of anilines is 1. The van der Waals surface area contributed by atoms with Crippen LogP contribution in [-0.4, -0.2) is 34.7 Å². The normalized spacial score (nSPS) is 11.0. The lowest BCUT2D eigenvalue weighted by Crippen LogP contribution is -2.14. The highest BCUT2D eigenvalue weighted by atomic mass is 16.5.